The Kier molecular flexibility index (Phi) is 383. The van der Waals surface area contributed by atoms with Crippen molar-refractivity contribution >= 4 is 44.4 Å². The monoisotopic (exact) mass is 456 g/mol. The normalized spacial score (nSPS) is 4.50. The molecule has 0 rings (SSSR count). The molecule has 0 radical (unpaired) electrons. The van der Waals surface area contributed by atoms with Crippen LogP contribution in [0.2, 0.25) is 0 Å². The molecule has 12 nitrogen and oxygen atoms in total. The van der Waals surface area contributed by atoms with Crippen LogP contribution in [0.1, 0.15) is 0 Å². The summed E-state index contributed by atoms with van der Waals surface area (Å²) >= 11 is 0. The van der Waals surface area contributed by atoms with Crippen molar-refractivity contribution in [1.29, 1.82) is 0 Å². The number of hydrogen-bond acceptors (Lipinski definition) is 12. The van der Waals surface area contributed by atoms with Crippen molar-refractivity contribution < 1.29 is 313 Å². The Balaban J connectivity index is -0.00000000633. The molecule has 0 aliphatic heterocycles. The molecule has 0 aromatic carbocycles. The van der Waals surface area contributed by atoms with E-state index in [1.54, 1.807) is 0 Å². The van der Waals surface area contributed by atoms with Gasteiger partial charge in [0.2, 0.25) is 0 Å². The molecule has 36 heteroatoms. The molecule has 0 spiro atoms. The first-order valence-corrected chi connectivity index (χ1v) is 4.14. The molecular weight excluding hydrogens is 454 g/mol. The van der Waals surface area contributed by atoms with E-state index in [-0.39, 0.29) is 226 Å². The molecule has 0 saturated carbocycles. The second-order valence-corrected chi connectivity index (χ2v) is 1.65. The van der Waals surface area contributed by atoms with Crippen LogP contribution >= 0.6 is 0 Å². The SMILES string of the molecule is [Li+].[Li+].[Li+].[Li+].[Li+].[Li+].[Li+].[Li+].[Li+].[Li+].[Li+].[Li+].[O-]B([O-])F.[O-]B([O-])F.[O-]B([O-])F.[O-]B([O-])F.[O-]B([O-])F.[O-]B([O-])F. The Morgan fingerprint density at radius 3 is 0.194 bits per heavy atom. The maximum atomic E-state index is 9.89. The third-order valence-electron chi connectivity index (χ3n) is 0. The molecule has 0 amide bonds. The number of rotatable bonds is 0. The molecule has 36 heavy (non-hydrogen) atoms. The van der Waals surface area contributed by atoms with Crippen LogP contribution < -0.4 is 287 Å². The third kappa shape index (κ3) is 1440. The third-order valence-corrected chi connectivity index (χ3v) is 0. The van der Waals surface area contributed by atoms with Gasteiger partial charge >= 0.3 is 226 Å². The molecular formula is B6F6Li12O12. The zero-order valence-corrected chi connectivity index (χ0v) is 22.6. The summed E-state index contributed by atoms with van der Waals surface area (Å²) in [7, 11) is -19.0. The Labute approximate surface area is 351 Å². The van der Waals surface area contributed by atoms with E-state index >= 15 is 0 Å². The van der Waals surface area contributed by atoms with Gasteiger partial charge in [0.25, 0.3) is 0 Å². The Morgan fingerprint density at radius 1 is 0.194 bits per heavy atom. The van der Waals surface area contributed by atoms with Crippen LogP contribution in [0.25, 0.3) is 0 Å². The zero-order chi connectivity index (χ0) is 21.5. The predicted molar refractivity (Wildman–Crippen MR) is 41.2 cm³/mol. The quantitative estimate of drug-likeness (QED) is 0.244. The molecule has 0 aromatic heterocycles. The maximum Gasteiger partial charge on any atom is 1.00 e. The van der Waals surface area contributed by atoms with E-state index in [1.165, 1.54) is 0 Å². The van der Waals surface area contributed by atoms with E-state index in [1.807, 2.05) is 0 Å². The number of halogens is 6. The van der Waals surface area contributed by atoms with Gasteiger partial charge in [-0.05, 0) is 0 Å². The van der Waals surface area contributed by atoms with Gasteiger partial charge in [-0.15, -0.1) is 0 Å². The summed E-state index contributed by atoms with van der Waals surface area (Å²) in [5, 5.41) is 99.7. The fourth-order valence-electron chi connectivity index (χ4n) is 0. The first-order valence-electron chi connectivity index (χ1n) is 4.14. The first-order chi connectivity index (χ1) is 10.4. The van der Waals surface area contributed by atoms with Crippen LogP contribution in [0.4, 0.5) is 25.9 Å². The summed E-state index contributed by atoms with van der Waals surface area (Å²) < 4.78 is 59.3. The van der Waals surface area contributed by atoms with Gasteiger partial charge in [0.15, 0.2) is 0 Å². The average Bonchev–Trinajstić information content (AvgIpc) is 2.08. The van der Waals surface area contributed by atoms with Crippen molar-refractivity contribution in [3.05, 3.63) is 0 Å². The second kappa shape index (κ2) is 113. The van der Waals surface area contributed by atoms with Crippen molar-refractivity contribution in [2.24, 2.45) is 0 Å². The van der Waals surface area contributed by atoms with Gasteiger partial charge < -0.3 is 86.2 Å². The molecule has 0 heterocycles. The zero-order valence-electron chi connectivity index (χ0n) is 22.6. The summed E-state index contributed by atoms with van der Waals surface area (Å²) in [4.78, 5) is 0. The van der Waals surface area contributed by atoms with Crippen LogP contribution in [0.3, 0.4) is 0 Å². The molecule has 0 N–H and O–H groups in total. The maximum absolute atomic E-state index is 9.89. The summed E-state index contributed by atoms with van der Waals surface area (Å²) in [5.41, 5.74) is 0. The van der Waals surface area contributed by atoms with Crippen molar-refractivity contribution in [3.8, 4) is 0 Å². The second-order valence-electron chi connectivity index (χ2n) is 1.65. The average molecular weight is 454 g/mol. The van der Waals surface area contributed by atoms with Gasteiger partial charge in [-0.25, -0.2) is 0 Å². The minimum Gasteiger partial charge on any atom is -0.867 e. The molecule has 0 fully saturated rings. The molecule has 0 saturated heterocycles. The van der Waals surface area contributed by atoms with Crippen LogP contribution in [-0.4, -0.2) is 44.4 Å². The Hall–Kier alpha value is 6.66. The summed E-state index contributed by atoms with van der Waals surface area (Å²) in [6.45, 7) is 0. The minimum atomic E-state index is -3.17. The Bertz CT molecular complexity index is 144. The van der Waals surface area contributed by atoms with E-state index in [2.05, 4.69) is 0 Å². The molecule has 144 valence electrons. The molecule has 0 atom stereocenters. The van der Waals surface area contributed by atoms with Crippen molar-refractivity contribution in [2.45, 2.75) is 0 Å². The first kappa shape index (κ1) is 122. The summed E-state index contributed by atoms with van der Waals surface area (Å²) in [5.74, 6) is 0. The van der Waals surface area contributed by atoms with E-state index in [0.29, 0.717) is 0 Å². The van der Waals surface area contributed by atoms with Crippen molar-refractivity contribution in [2.75, 3.05) is 0 Å². The molecule has 0 aliphatic rings. The van der Waals surface area contributed by atoms with Crippen LogP contribution in [0.15, 0.2) is 0 Å². The van der Waals surface area contributed by atoms with Crippen LogP contribution in [-0.2, 0) is 0 Å². The summed E-state index contributed by atoms with van der Waals surface area (Å²) in [6.07, 6.45) is 0. The van der Waals surface area contributed by atoms with E-state index in [9.17, 15) is 25.9 Å². The van der Waals surface area contributed by atoms with Crippen LogP contribution in [0.5, 0.6) is 0 Å². The topological polar surface area (TPSA) is 277 Å². The van der Waals surface area contributed by atoms with Gasteiger partial charge in [-0.2, -0.15) is 0 Å². The van der Waals surface area contributed by atoms with Crippen molar-refractivity contribution in [1.82, 2.24) is 0 Å². The van der Waals surface area contributed by atoms with Gasteiger partial charge in [-0.1, -0.05) is 0 Å². The standard InChI is InChI=1S/6BFO2.12Li/c6*2-1(3)4;;;;;;;;;;;;/q6*-2;12*+1. The predicted octanol–water partition coefficient (Wildman–Crippen LogP) is -50.0. The summed E-state index contributed by atoms with van der Waals surface area (Å²) in [6, 6.07) is 0. The largest absolute Gasteiger partial charge is 1.00 e. The molecule has 0 aliphatic carbocycles. The molecule has 0 aromatic rings. The Morgan fingerprint density at radius 2 is 0.194 bits per heavy atom. The molecule has 0 bridgehead atoms. The van der Waals surface area contributed by atoms with E-state index in [4.69, 9.17) is 60.3 Å². The van der Waals surface area contributed by atoms with Gasteiger partial charge in [0, 0.05) is 0 Å². The fraction of sp³-hybridized carbons (Fsp3) is 0. The fourth-order valence-corrected chi connectivity index (χ4v) is 0. The van der Waals surface area contributed by atoms with Crippen LogP contribution in [0, 0.1) is 0 Å². The van der Waals surface area contributed by atoms with Crippen molar-refractivity contribution in [3.63, 3.8) is 0 Å². The smallest absolute Gasteiger partial charge is 0.867 e. The van der Waals surface area contributed by atoms with Gasteiger partial charge in [-0.3, -0.25) is 0 Å². The van der Waals surface area contributed by atoms with E-state index < -0.39 is 44.4 Å². The van der Waals surface area contributed by atoms with E-state index in [0.717, 1.165) is 0 Å². The van der Waals surface area contributed by atoms with Gasteiger partial charge in [0.1, 0.15) is 44.4 Å². The minimum absolute atomic E-state index is 0. The van der Waals surface area contributed by atoms with Gasteiger partial charge in [0.05, 0.1) is 0 Å². The molecule has 0 unspecified atom stereocenters. The number of hydrogen-bond donors (Lipinski definition) is 0.